The van der Waals surface area contributed by atoms with Crippen LogP contribution in [0.5, 0.6) is 0 Å². The summed E-state index contributed by atoms with van der Waals surface area (Å²) in [7, 11) is -1.93. The van der Waals surface area contributed by atoms with E-state index in [2.05, 4.69) is 5.32 Å². The molecule has 0 radical (unpaired) electrons. The molecule has 0 aliphatic heterocycles. The zero-order valence-electron chi connectivity index (χ0n) is 13.0. The van der Waals surface area contributed by atoms with Gasteiger partial charge in [0, 0.05) is 24.7 Å². The van der Waals surface area contributed by atoms with E-state index in [-0.39, 0.29) is 22.9 Å². The minimum atomic E-state index is -3.49. The largest absolute Gasteiger partial charge is 0.355 e. The van der Waals surface area contributed by atoms with Crippen LogP contribution in [0.1, 0.15) is 43.0 Å². The highest BCUT2D eigenvalue weighted by Crippen LogP contribution is 2.42. The van der Waals surface area contributed by atoms with Gasteiger partial charge in [-0.15, -0.1) is 0 Å². The van der Waals surface area contributed by atoms with Crippen LogP contribution < -0.4 is 5.32 Å². The van der Waals surface area contributed by atoms with Crippen LogP contribution in [0.15, 0.2) is 29.2 Å². The third kappa shape index (κ3) is 2.90. The molecular formula is C16H22N2O3S. The van der Waals surface area contributed by atoms with Gasteiger partial charge in [-0.2, -0.15) is 4.31 Å². The zero-order chi connectivity index (χ0) is 15.9. The van der Waals surface area contributed by atoms with Crippen molar-refractivity contribution in [3.8, 4) is 0 Å². The van der Waals surface area contributed by atoms with Crippen LogP contribution in [0, 0.1) is 5.92 Å². The molecule has 0 aromatic heterocycles. The van der Waals surface area contributed by atoms with Gasteiger partial charge in [-0.05, 0) is 62.8 Å². The van der Waals surface area contributed by atoms with Crippen molar-refractivity contribution in [1.29, 1.82) is 0 Å². The Hall–Kier alpha value is -1.40. The SMILES string of the molecule is CNC(=O)c1ccc(S(=O)(=O)N(C2CC2)C(C)C2CC2)cc1. The highest BCUT2D eigenvalue weighted by atomic mass is 32.2. The molecule has 1 aromatic carbocycles. The van der Waals surface area contributed by atoms with Gasteiger partial charge >= 0.3 is 0 Å². The molecule has 2 fully saturated rings. The molecule has 0 heterocycles. The monoisotopic (exact) mass is 322 g/mol. The molecule has 5 nitrogen and oxygen atoms in total. The minimum absolute atomic E-state index is 0.0658. The van der Waals surface area contributed by atoms with E-state index in [1.54, 1.807) is 23.5 Å². The van der Waals surface area contributed by atoms with Crippen molar-refractivity contribution in [2.75, 3.05) is 7.05 Å². The molecule has 1 N–H and O–H groups in total. The molecular weight excluding hydrogens is 300 g/mol. The Labute approximate surface area is 131 Å². The topological polar surface area (TPSA) is 66.5 Å². The number of rotatable bonds is 6. The van der Waals surface area contributed by atoms with Crippen molar-refractivity contribution in [2.24, 2.45) is 5.92 Å². The van der Waals surface area contributed by atoms with Crippen molar-refractivity contribution >= 4 is 15.9 Å². The zero-order valence-corrected chi connectivity index (χ0v) is 13.8. The Bertz CT molecular complexity index is 661. The maximum Gasteiger partial charge on any atom is 0.251 e. The van der Waals surface area contributed by atoms with E-state index in [0.29, 0.717) is 11.5 Å². The highest BCUT2D eigenvalue weighted by Gasteiger charge is 2.45. The Morgan fingerprint density at radius 3 is 2.23 bits per heavy atom. The van der Waals surface area contributed by atoms with Crippen molar-refractivity contribution in [3.05, 3.63) is 29.8 Å². The first-order valence-corrected chi connectivity index (χ1v) is 9.25. The molecule has 2 saturated carbocycles. The highest BCUT2D eigenvalue weighted by molar-refractivity contribution is 7.89. The smallest absolute Gasteiger partial charge is 0.251 e. The summed E-state index contributed by atoms with van der Waals surface area (Å²) in [4.78, 5) is 11.8. The average Bonchev–Trinajstić information content (AvgIpc) is 3.38. The first-order chi connectivity index (χ1) is 10.4. The third-order valence-electron chi connectivity index (χ3n) is 4.53. The summed E-state index contributed by atoms with van der Waals surface area (Å²) in [6.45, 7) is 2.02. The van der Waals surface area contributed by atoms with Crippen LogP contribution >= 0.6 is 0 Å². The van der Waals surface area contributed by atoms with E-state index in [0.717, 1.165) is 25.7 Å². The quantitative estimate of drug-likeness (QED) is 0.871. The van der Waals surface area contributed by atoms with Crippen LogP contribution in [0.3, 0.4) is 0 Å². The number of carbonyl (C=O) groups excluding carboxylic acids is 1. The van der Waals surface area contributed by atoms with Crippen LogP contribution in [0.2, 0.25) is 0 Å². The number of hydrogen-bond donors (Lipinski definition) is 1. The number of carbonyl (C=O) groups is 1. The Balaban J connectivity index is 1.88. The normalized spacial score (nSPS) is 20.0. The van der Waals surface area contributed by atoms with Gasteiger partial charge in [0.15, 0.2) is 0 Å². The van der Waals surface area contributed by atoms with E-state index in [9.17, 15) is 13.2 Å². The van der Waals surface area contributed by atoms with Crippen LogP contribution in [-0.4, -0.2) is 37.8 Å². The fourth-order valence-electron chi connectivity index (χ4n) is 2.91. The molecule has 1 amide bonds. The van der Waals surface area contributed by atoms with Crippen molar-refractivity contribution in [2.45, 2.75) is 49.6 Å². The summed E-state index contributed by atoms with van der Waals surface area (Å²) in [5.74, 6) is 0.287. The van der Waals surface area contributed by atoms with Gasteiger partial charge in [0.25, 0.3) is 5.91 Å². The maximum absolute atomic E-state index is 13.0. The predicted molar refractivity (Wildman–Crippen MR) is 84.1 cm³/mol. The second-order valence-corrected chi connectivity index (χ2v) is 8.09. The van der Waals surface area contributed by atoms with Crippen LogP contribution in [0.25, 0.3) is 0 Å². The number of nitrogens with one attached hydrogen (secondary N) is 1. The molecule has 6 heteroatoms. The fraction of sp³-hybridized carbons (Fsp3) is 0.562. The van der Waals surface area contributed by atoms with Gasteiger partial charge in [0.05, 0.1) is 4.90 Å². The van der Waals surface area contributed by atoms with Gasteiger partial charge in [-0.25, -0.2) is 8.42 Å². The number of nitrogens with zero attached hydrogens (tertiary/aromatic N) is 1. The summed E-state index contributed by atoms with van der Waals surface area (Å²) in [5.41, 5.74) is 0.467. The summed E-state index contributed by atoms with van der Waals surface area (Å²) in [6.07, 6.45) is 4.14. The van der Waals surface area contributed by atoms with E-state index < -0.39 is 10.0 Å². The lowest BCUT2D eigenvalue weighted by Gasteiger charge is -2.28. The van der Waals surface area contributed by atoms with Crippen molar-refractivity contribution in [1.82, 2.24) is 9.62 Å². The molecule has 120 valence electrons. The number of amides is 1. The second-order valence-electron chi connectivity index (χ2n) is 6.25. The van der Waals surface area contributed by atoms with Gasteiger partial charge in [0.2, 0.25) is 10.0 Å². The maximum atomic E-state index is 13.0. The predicted octanol–water partition coefficient (Wildman–Crippen LogP) is 2.00. The van der Waals surface area contributed by atoms with E-state index >= 15 is 0 Å². The standard InChI is InChI=1S/C16H22N2O3S/c1-11(12-3-4-12)18(14-7-8-14)22(20,21)15-9-5-13(6-10-15)16(19)17-2/h5-6,9-12,14H,3-4,7-8H2,1-2H3,(H,17,19). The van der Waals surface area contributed by atoms with Gasteiger partial charge in [0.1, 0.15) is 0 Å². The molecule has 1 aromatic rings. The summed E-state index contributed by atoms with van der Waals surface area (Å²) >= 11 is 0. The summed E-state index contributed by atoms with van der Waals surface area (Å²) in [6, 6.07) is 6.43. The Morgan fingerprint density at radius 2 is 1.77 bits per heavy atom. The molecule has 0 spiro atoms. The van der Waals surface area contributed by atoms with Crippen molar-refractivity contribution < 1.29 is 13.2 Å². The van der Waals surface area contributed by atoms with Crippen LogP contribution in [0.4, 0.5) is 0 Å². The van der Waals surface area contributed by atoms with E-state index in [4.69, 9.17) is 0 Å². The first kappa shape index (κ1) is 15.5. The number of benzene rings is 1. The Morgan fingerprint density at radius 1 is 1.18 bits per heavy atom. The lowest BCUT2D eigenvalue weighted by atomic mass is 10.2. The molecule has 0 saturated heterocycles. The molecule has 3 rings (SSSR count). The van der Waals surface area contributed by atoms with Gasteiger partial charge in [-0.3, -0.25) is 4.79 Å². The van der Waals surface area contributed by atoms with Crippen LogP contribution in [-0.2, 0) is 10.0 Å². The minimum Gasteiger partial charge on any atom is -0.355 e. The van der Waals surface area contributed by atoms with Crippen molar-refractivity contribution in [3.63, 3.8) is 0 Å². The molecule has 1 unspecified atom stereocenters. The molecule has 0 bridgehead atoms. The Kier molecular flexibility index (Phi) is 3.99. The average molecular weight is 322 g/mol. The molecule has 2 aliphatic rings. The van der Waals surface area contributed by atoms with Gasteiger partial charge in [-0.1, -0.05) is 0 Å². The summed E-state index contributed by atoms with van der Waals surface area (Å²) in [5, 5.41) is 2.53. The lowest BCUT2D eigenvalue weighted by Crippen LogP contribution is -2.41. The molecule has 2 aliphatic carbocycles. The molecule has 1 atom stereocenters. The first-order valence-electron chi connectivity index (χ1n) is 7.81. The summed E-state index contributed by atoms with van der Waals surface area (Å²) < 4.78 is 27.6. The van der Waals surface area contributed by atoms with E-state index in [1.807, 2.05) is 6.92 Å². The lowest BCUT2D eigenvalue weighted by molar-refractivity contribution is 0.0963. The van der Waals surface area contributed by atoms with Gasteiger partial charge < -0.3 is 5.32 Å². The second kappa shape index (κ2) is 5.66. The van der Waals surface area contributed by atoms with E-state index in [1.165, 1.54) is 12.1 Å². The third-order valence-corrected chi connectivity index (χ3v) is 6.59. The number of sulfonamides is 1. The fourth-order valence-corrected chi connectivity index (χ4v) is 4.84. The molecule has 22 heavy (non-hydrogen) atoms. The number of hydrogen-bond acceptors (Lipinski definition) is 3.